The zero-order valence-corrected chi connectivity index (χ0v) is 10.2. The average molecular weight is 239 g/mol. The van der Waals surface area contributed by atoms with E-state index in [1.807, 2.05) is 20.1 Å². The lowest BCUT2D eigenvalue weighted by Crippen LogP contribution is -1.86. The molecule has 2 rings (SSSR count). The number of nitro groups is 1. The lowest BCUT2D eigenvalue weighted by Gasteiger charge is -1.89. The number of non-ortho nitro benzene ring substituents is 1. The molecule has 0 spiro atoms. The molecule has 1 heterocycles. The van der Waals surface area contributed by atoms with Crippen LogP contribution in [0, 0.1) is 10.1 Å². The van der Waals surface area contributed by atoms with Gasteiger partial charge in [-0.05, 0) is 12.3 Å². The van der Waals surface area contributed by atoms with Gasteiger partial charge in [0, 0.05) is 12.1 Å². The molecule has 0 fully saturated rings. The van der Waals surface area contributed by atoms with Gasteiger partial charge in [-0.15, -0.1) is 0 Å². The van der Waals surface area contributed by atoms with Gasteiger partial charge in [0.2, 0.25) is 0 Å². The van der Waals surface area contributed by atoms with Gasteiger partial charge in [0.05, 0.1) is 16.0 Å². The molecule has 1 N–H and O–H groups in total. The summed E-state index contributed by atoms with van der Waals surface area (Å²) in [4.78, 5) is 17.3. The fourth-order valence-electron chi connectivity index (χ4n) is 1.18. The third kappa shape index (κ3) is 2.52. The van der Waals surface area contributed by atoms with Crippen molar-refractivity contribution in [1.29, 1.82) is 0 Å². The van der Waals surface area contributed by atoms with E-state index in [0.717, 1.165) is 10.7 Å². The van der Waals surface area contributed by atoms with Crippen LogP contribution in [-0.4, -0.2) is 21.1 Å². The quantitative estimate of drug-likeness (QED) is 0.496. The maximum atomic E-state index is 10.5. The Morgan fingerprint density at radius 1 is 1.44 bits per heavy atom. The minimum atomic E-state index is -0.418. The molecule has 0 bridgehead atoms. The van der Waals surface area contributed by atoms with E-state index < -0.39 is 4.92 Å². The van der Waals surface area contributed by atoms with E-state index in [2.05, 4.69) is 9.97 Å². The first kappa shape index (κ1) is 12.5. The number of benzene rings is 1. The van der Waals surface area contributed by atoms with Crippen molar-refractivity contribution in [3.05, 3.63) is 28.3 Å². The molecule has 1 aromatic heterocycles. The van der Waals surface area contributed by atoms with Gasteiger partial charge in [-0.1, -0.05) is 25.6 Å². The van der Waals surface area contributed by atoms with E-state index in [1.54, 1.807) is 6.07 Å². The summed E-state index contributed by atoms with van der Waals surface area (Å²) >= 11 is 1.47. The zero-order valence-electron chi connectivity index (χ0n) is 9.35. The van der Waals surface area contributed by atoms with Crippen molar-refractivity contribution >= 4 is 28.5 Å². The fraction of sp³-hybridized carbons (Fsp3) is 0.300. The molecule has 0 saturated carbocycles. The highest BCUT2D eigenvalue weighted by atomic mass is 32.2. The molecule has 0 radical (unpaired) electrons. The summed E-state index contributed by atoms with van der Waals surface area (Å²) in [7, 11) is 0. The first-order valence-electron chi connectivity index (χ1n) is 4.89. The second-order valence-corrected chi connectivity index (χ2v) is 3.50. The molecular formula is C10H13N3O2S. The third-order valence-electron chi connectivity index (χ3n) is 1.85. The van der Waals surface area contributed by atoms with Crippen molar-refractivity contribution in [2.45, 2.75) is 19.0 Å². The van der Waals surface area contributed by atoms with Crippen LogP contribution in [0.1, 0.15) is 13.8 Å². The molecule has 6 heteroatoms. The van der Waals surface area contributed by atoms with Crippen LogP contribution in [0.25, 0.3) is 11.0 Å². The predicted octanol–water partition coefficient (Wildman–Crippen LogP) is 3.22. The van der Waals surface area contributed by atoms with Crippen LogP contribution >= 0.6 is 11.8 Å². The lowest BCUT2D eigenvalue weighted by atomic mass is 10.3. The van der Waals surface area contributed by atoms with Crippen LogP contribution in [0.3, 0.4) is 0 Å². The van der Waals surface area contributed by atoms with Crippen LogP contribution in [-0.2, 0) is 0 Å². The summed E-state index contributed by atoms with van der Waals surface area (Å²) < 4.78 is 0. The van der Waals surface area contributed by atoms with Gasteiger partial charge < -0.3 is 4.98 Å². The molecule has 0 atom stereocenters. The fourth-order valence-corrected chi connectivity index (χ4v) is 1.59. The summed E-state index contributed by atoms with van der Waals surface area (Å²) in [6.45, 7) is 4.00. The Morgan fingerprint density at radius 2 is 2.12 bits per heavy atom. The molecule has 1 aromatic carbocycles. The SMILES string of the molecule is CC.CSc1nc2ccc([N+](=O)[O-])cc2[nH]1. The molecule has 86 valence electrons. The van der Waals surface area contributed by atoms with E-state index in [1.165, 1.54) is 23.9 Å². The van der Waals surface area contributed by atoms with E-state index in [0.29, 0.717) is 5.52 Å². The monoisotopic (exact) mass is 239 g/mol. The zero-order chi connectivity index (χ0) is 12.1. The van der Waals surface area contributed by atoms with Crippen LogP contribution in [0.4, 0.5) is 5.69 Å². The molecule has 5 nitrogen and oxygen atoms in total. The number of hydrogen-bond donors (Lipinski definition) is 1. The van der Waals surface area contributed by atoms with Crippen LogP contribution in [0.15, 0.2) is 23.4 Å². The number of rotatable bonds is 2. The van der Waals surface area contributed by atoms with Gasteiger partial charge in [-0.2, -0.15) is 0 Å². The van der Waals surface area contributed by atoms with Crippen LogP contribution < -0.4 is 0 Å². The normalized spacial score (nSPS) is 9.69. The predicted molar refractivity (Wildman–Crippen MR) is 65.9 cm³/mol. The standard InChI is InChI=1S/C8H7N3O2S.C2H6/c1-14-8-9-6-3-2-5(11(12)13)4-7(6)10-8;1-2/h2-4H,1H3,(H,9,10);1-2H3. The summed E-state index contributed by atoms with van der Waals surface area (Å²) in [6, 6.07) is 4.58. The number of thioether (sulfide) groups is 1. The van der Waals surface area contributed by atoms with Gasteiger partial charge in [0.1, 0.15) is 0 Å². The topological polar surface area (TPSA) is 71.8 Å². The Labute approximate surface area is 97.4 Å². The summed E-state index contributed by atoms with van der Waals surface area (Å²) in [5.41, 5.74) is 1.53. The number of aromatic amines is 1. The van der Waals surface area contributed by atoms with E-state index in [-0.39, 0.29) is 5.69 Å². The molecule has 0 aliphatic rings. The molecule has 0 aliphatic carbocycles. The summed E-state index contributed by atoms with van der Waals surface area (Å²) in [5.74, 6) is 0. The maximum Gasteiger partial charge on any atom is 0.271 e. The van der Waals surface area contributed by atoms with Gasteiger partial charge in [0.25, 0.3) is 5.69 Å². The van der Waals surface area contributed by atoms with Crippen molar-refractivity contribution in [3.63, 3.8) is 0 Å². The molecular weight excluding hydrogens is 226 g/mol. The van der Waals surface area contributed by atoms with Gasteiger partial charge in [-0.25, -0.2) is 4.98 Å². The molecule has 0 aliphatic heterocycles. The Bertz CT molecular complexity index is 496. The number of nitrogens with zero attached hydrogens (tertiary/aromatic N) is 2. The van der Waals surface area contributed by atoms with Crippen molar-refractivity contribution in [2.75, 3.05) is 6.26 Å². The highest BCUT2D eigenvalue weighted by Gasteiger charge is 2.08. The van der Waals surface area contributed by atoms with Gasteiger partial charge >= 0.3 is 0 Å². The van der Waals surface area contributed by atoms with Gasteiger partial charge in [-0.3, -0.25) is 10.1 Å². The second-order valence-electron chi connectivity index (χ2n) is 2.70. The van der Waals surface area contributed by atoms with Crippen molar-refractivity contribution < 1.29 is 4.92 Å². The first-order chi connectivity index (χ1) is 7.70. The number of nitrogens with one attached hydrogen (secondary N) is 1. The molecule has 0 unspecified atom stereocenters. The second kappa shape index (κ2) is 5.50. The van der Waals surface area contributed by atoms with E-state index in [4.69, 9.17) is 0 Å². The van der Waals surface area contributed by atoms with E-state index >= 15 is 0 Å². The highest BCUT2D eigenvalue weighted by molar-refractivity contribution is 7.98. The maximum absolute atomic E-state index is 10.5. The minimum Gasteiger partial charge on any atom is -0.333 e. The molecule has 2 aromatic rings. The highest BCUT2D eigenvalue weighted by Crippen LogP contribution is 2.21. The minimum absolute atomic E-state index is 0.0776. The smallest absolute Gasteiger partial charge is 0.271 e. The first-order valence-corrected chi connectivity index (χ1v) is 6.11. The number of nitro benzene ring substituents is 1. The van der Waals surface area contributed by atoms with Crippen molar-refractivity contribution in [3.8, 4) is 0 Å². The average Bonchev–Trinajstić information content (AvgIpc) is 2.73. The largest absolute Gasteiger partial charge is 0.333 e. The number of H-pyrrole nitrogens is 1. The van der Waals surface area contributed by atoms with Gasteiger partial charge in [0.15, 0.2) is 5.16 Å². The molecule has 0 amide bonds. The third-order valence-corrected chi connectivity index (χ3v) is 2.43. The molecule has 0 saturated heterocycles. The van der Waals surface area contributed by atoms with Crippen LogP contribution in [0.2, 0.25) is 0 Å². The Morgan fingerprint density at radius 3 is 2.69 bits per heavy atom. The molecule has 16 heavy (non-hydrogen) atoms. The van der Waals surface area contributed by atoms with E-state index in [9.17, 15) is 10.1 Å². The Hall–Kier alpha value is -1.56. The lowest BCUT2D eigenvalue weighted by molar-refractivity contribution is -0.384. The number of imidazole rings is 1. The Balaban J connectivity index is 0.000000606. The summed E-state index contributed by atoms with van der Waals surface area (Å²) in [6.07, 6.45) is 1.89. The number of fused-ring (bicyclic) bond motifs is 1. The summed E-state index contributed by atoms with van der Waals surface area (Å²) in [5, 5.41) is 11.3. The van der Waals surface area contributed by atoms with Crippen molar-refractivity contribution in [1.82, 2.24) is 9.97 Å². The van der Waals surface area contributed by atoms with Crippen molar-refractivity contribution in [2.24, 2.45) is 0 Å². The number of aromatic nitrogens is 2. The van der Waals surface area contributed by atoms with Crippen LogP contribution in [0.5, 0.6) is 0 Å². The number of hydrogen-bond acceptors (Lipinski definition) is 4. The Kier molecular flexibility index (Phi) is 4.30.